The van der Waals surface area contributed by atoms with Crippen LogP contribution in [0.25, 0.3) is 0 Å². The van der Waals surface area contributed by atoms with Crippen molar-refractivity contribution >= 4 is 23.9 Å². The molecule has 1 saturated heterocycles. The van der Waals surface area contributed by atoms with Gasteiger partial charge in [0.05, 0.1) is 6.61 Å². The van der Waals surface area contributed by atoms with Crippen LogP contribution < -0.4 is 0 Å². The molecule has 12 nitrogen and oxygen atoms in total. The second-order valence-corrected chi connectivity index (χ2v) is 22.4. The number of unbranched alkanes of at least 4 members (excludes halogenated alkanes) is 26. The van der Waals surface area contributed by atoms with Gasteiger partial charge in [0.2, 0.25) is 0 Å². The van der Waals surface area contributed by atoms with E-state index in [2.05, 4.69) is 106 Å². The number of rotatable bonds is 56. The number of carboxylic acid groups (broad SMARTS) is 1. The van der Waals surface area contributed by atoms with E-state index in [1.54, 1.807) is 0 Å². The molecule has 1 rings (SSSR count). The van der Waals surface area contributed by atoms with Gasteiger partial charge in [0.15, 0.2) is 24.6 Å². The molecule has 6 unspecified atom stereocenters. The summed E-state index contributed by atoms with van der Waals surface area (Å²) in [4.78, 5) is 51.4. The Bertz CT molecular complexity index is 1810. The number of allylic oxidation sites excluding steroid dienone is 16. The second kappa shape index (κ2) is 58.0. The molecule has 0 saturated carbocycles. The van der Waals surface area contributed by atoms with Crippen LogP contribution in [0.4, 0.5) is 0 Å². The maximum atomic E-state index is 13.2. The first kappa shape index (κ1) is 76.7. The molecule has 474 valence electrons. The highest BCUT2D eigenvalue weighted by Gasteiger charge is 2.50. The number of carbonyl (C=O) groups is 4. The fourth-order valence-corrected chi connectivity index (χ4v) is 9.55. The predicted molar refractivity (Wildman–Crippen MR) is 340 cm³/mol. The fourth-order valence-electron chi connectivity index (χ4n) is 9.55. The van der Waals surface area contributed by atoms with Gasteiger partial charge >= 0.3 is 23.9 Å². The first-order chi connectivity index (χ1) is 40.6. The van der Waals surface area contributed by atoms with Crippen molar-refractivity contribution in [1.82, 2.24) is 0 Å². The summed E-state index contributed by atoms with van der Waals surface area (Å²) in [5.74, 6) is -3.20. The molecule has 0 spiro atoms. The Balaban J connectivity index is 2.69. The van der Waals surface area contributed by atoms with E-state index in [0.717, 1.165) is 103 Å². The third kappa shape index (κ3) is 47.6. The minimum Gasteiger partial charge on any atom is -0.479 e. The minimum absolute atomic E-state index is 0.0221. The lowest BCUT2D eigenvalue weighted by atomic mass is 9.98. The number of hydrogen-bond donors (Lipinski definition) is 3. The molecular formula is C71H118O12. The zero-order valence-corrected chi connectivity index (χ0v) is 52.4. The summed E-state index contributed by atoms with van der Waals surface area (Å²) in [6.45, 7) is 5.85. The SMILES string of the molecule is CC/C=C\C/C=C\C/C=C\C/C=C\C/C=C\CCCC(=O)OC1C(OCC(COC(=O)CCCCCCCCCCC/C=C\CCCCCCCC)OC(=O)CCCCCCCCC/C=C\C/C=C\CCCCC)OC(C(=O)O)C(O)C1O. The summed E-state index contributed by atoms with van der Waals surface area (Å²) in [7, 11) is 0. The minimum atomic E-state index is -1.93. The summed E-state index contributed by atoms with van der Waals surface area (Å²) in [6, 6.07) is 0. The molecule has 0 aromatic rings. The molecule has 1 aliphatic rings. The third-order valence-electron chi connectivity index (χ3n) is 14.6. The first-order valence-electron chi connectivity index (χ1n) is 33.2. The average molecular weight is 1160 g/mol. The van der Waals surface area contributed by atoms with Gasteiger partial charge in [0, 0.05) is 19.3 Å². The van der Waals surface area contributed by atoms with E-state index >= 15 is 0 Å². The van der Waals surface area contributed by atoms with Crippen molar-refractivity contribution in [1.29, 1.82) is 0 Å². The number of aliphatic carboxylic acids is 1. The maximum Gasteiger partial charge on any atom is 0.335 e. The highest BCUT2D eigenvalue weighted by atomic mass is 16.7. The van der Waals surface area contributed by atoms with Crippen molar-refractivity contribution in [2.24, 2.45) is 0 Å². The van der Waals surface area contributed by atoms with Crippen molar-refractivity contribution in [3.63, 3.8) is 0 Å². The van der Waals surface area contributed by atoms with Crippen LogP contribution in [0, 0.1) is 0 Å². The Hall–Kier alpha value is -4.36. The summed E-state index contributed by atoms with van der Waals surface area (Å²) in [6.07, 6.45) is 65.1. The monoisotopic (exact) mass is 1160 g/mol. The Morgan fingerprint density at radius 2 is 0.771 bits per heavy atom. The van der Waals surface area contributed by atoms with E-state index in [1.165, 1.54) is 109 Å². The highest BCUT2D eigenvalue weighted by molar-refractivity contribution is 5.74. The van der Waals surface area contributed by atoms with E-state index in [4.69, 9.17) is 23.7 Å². The van der Waals surface area contributed by atoms with Crippen LogP contribution in [0.3, 0.4) is 0 Å². The Morgan fingerprint density at radius 3 is 1.23 bits per heavy atom. The molecule has 1 heterocycles. The van der Waals surface area contributed by atoms with Crippen molar-refractivity contribution in [2.45, 2.75) is 314 Å². The number of hydrogen-bond acceptors (Lipinski definition) is 11. The quantitative estimate of drug-likeness (QED) is 0.0228. The van der Waals surface area contributed by atoms with Crippen molar-refractivity contribution in [3.05, 3.63) is 97.2 Å². The number of aliphatic hydroxyl groups excluding tert-OH is 2. The van der Waals surface area contributed by atoms with Crippen LogP contribution in [0.15, 0.2) is 97.2 Å². The largest absolute Gasteiger partial charge is 0.479 e. The Labute approximate surface area is 504 Å². The van der Waals surface area contributed by atoms with E-state index in [1.807, 2.05) is 12.2 Å². The Kier molecular flexibility index (Phi) is 53.6. The first-order valence-corrected chi connectivity index (χ1v) is 33.2. The summed E-state index contributed by atoms with van der Waals surface area (Å²) >= 11 is 0. The summed E-state index contributed by atoms with van der Waals surface area (Å²) < 4.78 is 28.5. The maximum absolute atomic E-state index is 13.2. The van der Waals surface area contributed by atoms with Gasteiger partial charge in [-0.1, -0.05) is 240 Å². The lowest BCUT2D eigenvalue weighted by Gasteiger charge is -2.40. The van der Waals surface area contributed by atoms with Gasteiger partial charge < -0.3 is 39.0 Å². The van der Waals surface area contributed by atoms with Crippen LogP contribution >= 0.6 is 0 Å². The molecule has 0 aromatic heterocycles. The number of carboxylic acids is 1. The van der Waals surface area contributed by atoms with Crippen LogP contribution in [0.2, 0.25) is 0 Å². The van der Waals surface area contributed by atoms with Crippen molar-refractivity contribution in [2.75, 3.05) is 13.2 Å². The second-order valence-electron chi connectivity index (χ2n) is 22.4. The number of esters is 3. The van der Waals surface area contributed by atoms with Gasteiger partial charge in [0.1, 0.15) is 18.8 Å². The van der Waals surface area contributed by atoms with E-state index < -0.39 is 67.3 Å². The molecular weight excluding hydrogens is 1040 g/mol. The molecule has 1 aliphatic heterocycles. The van der Waals surface area contributed by atoms with Crippen LogP contribution in [-0.2, 0) is 42.9 Å². The lowest BCUT2D eigenvalue weighted by molar-refractivity contribution is -0.301. The smallest absolute Gasteiger partial charge is 0.335 e. The highest BCUT2D eigenvalue weighted by Crippen LogP contribution is 2.26. The summed E-state index contributed by atoms with van der Waals surface area (Å²) in [5, 5.41) is 31.6. The standard InChI is InChI=1S/C71H118O12/c1-4-7-10-13-16-19-22-25-28-31-32-35-36-39-42-45-48-51-54-57-63(72)79-60-62(81-64(73)58-55-52-49-46-43-40-37-33-29-26-23-20-17-14-11-8-5-2)61-80-71-69(67(76)66(75)68(83-71)70(77)78)82-65(74)59-56-53-50-47-44-41-38-34-30-27-24-21-18-15-12-9-6-3/h9,12,17-18,20-21,25-30,38,41,47,50,62,66-69,71,75-76H,4-8,10-11,13-16,19,22-24,31-37,39-40,42-46,48-49,51-61H2,1-3H3,(H,77,78)/b12-9-,20-17-,21-18-,28-25-,29-26-,30-27-,41-38-,50-47-. The van der Waals surface area contributed by atoms with E-state index in [0.29, 0.717) is 25.7 Å². The molecule has 12 heteroatoms. The van der Waals surface area contributed by atoms with Gasteiger partial charge in [-0.15, -0.1) is 0 Å². The van der Waals surface area contributed by atoms with Gasteiger partial charge in [-0.3, -0.25) is 14.4 Å². The zero-order chi connectivity index (χ0) is 60.3. The third-order valence-corrected chi connectivity index (χ3v) is 14.6. The van der Waals surface area contributed by atoms with E-state index in [-0.39, 0.29) is 25.9 Å². The van der Waals surface area contributed by atoms with E-state index in [9.17, 15) is 34.5 Å². The van der Waals surface area contributed by atoms with Crippen molar-refractivity contribution in [3.8, 4) is 0 Å². The molecule has 83 heavy (non-hydrogen) atoms. The molecule has 0 bridgehead atoms. The molecule has 0 aliphatic carbocycles. The zero-order valence-electron chi connectivity index (χ0n) is 52.4. The fraction of sp³-hybridized carbons (Fsp3) is 0.718. The lowest BCUT2D eigenvalue weighted by Crippen LogP contribution is -2.61. The van der Waals surface area contributed by atoms with Gasteiger partial charge in [-0.25, -0.2) is 4.79 Å². The van der Waals surface area contributed by atoms with Crippen molar-refractivity contribution < 1.29 is 58.2 Å². The van der Waals surface area contributed by atoms with Gasteiger partial charge in [-0.05, 0) is 116 Å². The molecule has 1 fully saturated rings. The number of carbonyl (C=O) groups excluding carboxylic acids is 3. The molecule has 0 radical (unpaired) electrons. The number of ether oxygens (including phenoxy) is 5. The topological polar surface area (TPSA) is 175 Å². The molecule has 3 N–H and O–H groups in total. The number of aliphatic hydroxyl groups is 2. The summed E-state index contributed by atoms with van der Waals surface area (Å²) in [5.41, 5.74) is 0. The van der Waals surface area contributed by atoms with Gasteiger partial charge in [0.25, 0.3) is 0 Å². The van der Waals surface area contributed by atoms with Crippen LogP contribution in [0.1, 0.15) is 278 Å². The normalized spacial score (nSPS) is 18.2. The van der Waals surface area contributed by atoms with Crippen LogP contribution in [-0.4, -0.2) is 89.2 Å². The average Bonchev–Trinajstić information content (AvgIpc) is 3.55. The molecule has 6 atom stereocenters. The van der Waals surface area contributed by atoms with Crippen LogP contribution in [0.5, 0.6) is 0 Å². The molecule has 0 amide bonds. The Morgan fingerprint density at radius 1 is 0.410 bits per heavy atom. The predicted octanol–water partition coefficient (Wildman–Crippen LogP) is 18.0. The molecule has 0 aromatic carbocycles. The van der Waals surface area contributed by atoms with Gasteiger partial charge in [-0.2, -0.15) is 0 Å².